The maximum absolute atomic E-state index is 14.2. The van der Waals surface area contributed by atoms with Gasteiger partial charge in [0.2, 0.25) is 0 Å². The molecule has 0 spiro atoms. The standard InChI is InChI=1S/C36H37F2NO4Si/c1-35(2,3)44(4,5)43-19-18-39-34(41)32-23-26(27-21-30(37)24-31(38)22-27)20-25(33(32)40)16-17-36(42,28-12-8-6-9-13-28)29-14-10-7-11-15-29/h6-15,20-24,40,42H,18-19H2,1-5H3,(H,39,41). The predicted octanol–water partition coefficient (Wildman–Crippen LogP) is 7.38. The van der Waals surface area contributed by atoms with Crippen LogP contribution in [0.2, 0.25) is 18.1 Å². The topological polar surface area (TPSA) is 78.8 Å². The van der Waals surface area contributed by atoms with E-state index in [-0.39, 0.29) is 40.4 Å². The Bertz CT molecular complexity index is 1630. The first kappa shape index (κ1) is 32.6. The normalized spacial score (nSPS) is 11.9. The fourth-order valence-corrected chi connectivity index (χ4v) is 5.45. The third kappa shape index (κ3) is 7.43. The molecule has 228 valence electrons. The second kappa shape index (κ2) is 13.1. The number of amides is 1. The number of nitrogens with one attached hydrogen (secondary N) is 1. The highest BCUT2D eigenvalue weighted by molar-refractivity contribution is 6.74. The summed E-state index contributed by atoms with van der Waals surface area (Å²) in [5, 5.41) is 25.9. The van der Waals surface area contributed by atoms with E-state index in [1.807, 2.05) is 12.1 Å². The van der Waals surface area contributed by atoms with Crippen molar-refractivity contribution in [1.82, 2.24) is 5.32 Å². The lowest BCUT2D eigenvalue weighted by molar-refractivity contribution is 0.0943. The second-order valence-corrected chi connectivity index (χ2v) is 16.9. The number of carbonyl (C=O) groups excluding carboxylic acids is 1. The lowest BCUT2D eigenvalue weighted by Gasteiger charge is -2.36. The van der Waals surface area contributed by atoms with Crippen LogP contribution < -0.4 is 5.32 Å². The van der Waals surface area contributed by atoms with Crippen molar-refractivity contribution in [2.45, 2.75) is 44.5 Å². The number of phenols is 1. The molecule has 8 heteroatoms. The summed E-state index contributed by atoms with van der Waals surface area (Å²) in [7, 11) is -2.04. The molecule has 4 aromatic carbocycles. The third-order valence-electron chi connectivity index (χ3n) is 7.97. The highest BCUT2D eigenvalue weighted by Gasteiger charge is 2.37. The Morgan fingerprint density at radius 2 is 1.39 bits per heavy atom. The molecule has 0 saturated carbocycles. The molecule has 44 heavy (non-hydrogen) atoms. The summed E-state index contributed by atoms with van der Waals surface area (Å²) in [6.07, 6.45) is 0. The molecule has 5 nitrogen and oxygen atoms in total. The van der Waals surface area contributed by atoms with Gasteiger partial charge >= 0.3 is 0 Å². The molecule has 0 aromatic heterocycles. The lowest BCUT2D eigenvalue weighted by Crippen LogP contribution is -2.42. The van der Waals surface area contributed by atoms with Crippen LogP contribution in [0.5, 0.6) is 5.75 Å². The highest BCUT2D eigenvalue weighted by Crippen LogP contribution is 2.36. The van der Waals surface area contributed by atoms with E-state index in [2.05, 4.69) is 51.0 Å². The van der Waals surface area contributed by atoms with Gasteiger partial charge in [-0.3, -0.25) is 4.79 Å². The van der Waals surface area contributed by atoms with Crippen LogP contribution >= 0.6 is 0 Å². The number of benzene rings is 4. The molecule has 0 radical (unpaired) electrons. The molecule has 0 bridgehead atoms. The third-order valence-corrected chi connectivity index (χ3v) is 12.5. The summed E-state index contributed by atoms with van der Waals surface area (Å²) < 4.78 is 34.5. The van der Waals surface area contributed by atoms with E-state index in [1.54, 1.807) is 48.5 Å². The Hall–Kier alpha value is -4.29. The molecule has 0 saturated heterocycles. The van der Waals surface area contributed by atoms with E-state index >= 15 is 0 Å². The van der Waals surface area contributed by atoms with Gasteiger partial charge in [0, 0.05) is 23.7 Å². The quantitative estimate of drug-likeness (QED) is 0.110. The first-order valence-electron chi connectivity index (χ1n) is 14.3. The fourth-order valence-electron chi connectivity index (χ4n) is 4.40. The first-order valence-corrected chi connectivity index (χ1v) is 17.2. The van der Waals surface area contributed by atoms with Gasteiger partial charge in [0.1, 0.15) is 17.4 Å². The van der Waals surface area contributed by atoms with Gasteiger partial charge in [-0.1, -0.05) is 93.3 Å². The summed E-state index contributed by atoms with van der Waals surface area (Å²) in [5.41, 5.74) is -0.479. The van der Waals surface area contributed by atoms with Crippen molar-refractivity contribution >= 4 is 14.2 Å². The van der Waals surface area contributed by atoms with Gasteiger partial charge in [-0.05, 0) is 53.5 Å². The van der Waals surface area contributed by atoms with Crippen LogP contribution in [0, 0.1) is 23.5 Å². The van der Waals surface area contributed by atoms with E-state index in [0.29, 0.717) is 11.1 Å². The maximum Gasteiger partial charge on any atom is 0.255 e. The van der Waals surface area contributed by atoms with Crippen LogP contribution in [0.15, 0.2) is 91.0 Å². The van der Waals surface area contributed by atoms with Crippen LogP contribution in [-0.4, -0.2) is 37.6 Å². The summed E-state index contributed by atoms with van der Waals surface area (Å²) in [6, 6.07) is 23.5. The molecular weight excluding hydrogens is 576 g/mol. The summed E-state index contributed by atoms with van der Waals surface area (Å²) >= 11 is 0. The SMILES string of the molecule is CC(C)(C)[Si](C)(C)OCCNC(=O)c1cc(-c2cc(F)cc(F)c2)cc(C#CC(O)(c2ccccc2)c2ccccc2)c1O. The zero-order chi connectivity index (χ0) is 32.1. The largest absolute Gasteiger partial charge is 0.506 e. The molecule has 0 fully saturated rings. The monoisotopic (exact) mass is 613 g/mol. The average Bonchev–Trinajstić information content (AvgIpc) is 2.98. The highest BCUT2D eigenvalue weighted by atomic mass is 28.4. The van der Waals surface area contributed by atoms with Gasteiger partial charge < -0.3 is 20.0 Å². The van der Waals surface area contributed by atoms with Gasteiger partial charge in [0.15, 0.2) is 13.9 Å². The van der Waals surface area contributed by atoms with Crippen molar-refractivity contribution in [1.29, 1.82) is 0 Å². The Labute approximate surface area is 258 Å². The Kier molecular flexibility index (Phi) is 9.74. The van der Waals surface area contributed by atoms with Crippen LogP contribution in [0.1, 0.15) is 47.8 Å². The number of aliphatic hydroxyl groups is 1. The Morgan fingerprint density at radius 1 is 0.864 bits per heavy atom. The minimum absolute atomic E-state index is 0.000120. The number of carbonyl (C=O) groups is 1. The molecular formula is C36H37F2NO4Si. The van der Waals surface area contributed by atoms with Crippen LogP contribution in [-0.2, 0) is 10.0 Å². The molecule has 4 rings (SSSR count). The number of hydrogen-bond donors (Lipinski definition) is 3. The van der Waals surface area contributed by atoms with Crippen LogP contribution in [0.3, 0.4) is 0 Å². The second-order valence-electron chi connectivity index (χ2n) is 12.1. The van der Waals surface area contributed by atoms with Gasteiger partial charge in [-0.2, -0.15) is 0 Å². The predicted molar refractivity (Wildman–Crippen MR) is 172 cm³/mol. The van der Waals surface area contributed by atoms with E-state index in [4.69, 9.17) is 4.43 Å². The molecule has 0 unspecified atom stereocenters. The summed E-state index contributed by atoms with van der Waals surface area (Å²) in [5.74, 6) is 3.12. The molecule has 4 aromatic rings. The van der Waals surface area contributed by atoms with Crippen LogP contribution in [0.25, 0.3) is 11.1 Å². The van der Waals surface area contributed by atoms with Gasteiger partial charge in [0.05, 0.1) is 17.7 Å². The summed E-state index contributed by atoms with van der Waals surface area (Å²) in [6.45, 7) is 11.1. The van der Waals surface area contributed by atoms with E-state index < -0.39 is 37.2 Å². The molecule has 0 atom stereocenters. The van der Waals surface area contributed by atoms with E-state index in [0.717, 1.165) is 18.2 Å². The lowest BCUT2D eigenvalue weighted by atomic mass is 9.86. The zero-order valence-electron chi connectivity index (χ0n) is 25.5. The molecule has 0 aliphatic heterocycles. The maximum atomic E-state index is 14.2. The number of hydrogen-bond acceptors (Lipinski definition) is 4. The number of aromatic hydroxyl groups is 1. The fraction of sp³-hybridized carbons (Fsp3) is 0.250. The molecule has 0 aliphatic rings. The van der Waals surface area contributed by atoms with Crippen molar-refractivity contribution in [3.05, 3.63) is 125 Å². The first-order chi connectivity index (χ1) is 20.7. The van der Waals surface area contributed by atoms with Crippen molar-refractivity contribution in [2.24, 2.45) is 0 Å². The Balaban J connectivity index is 1.76. The number of halogens is 2. The van der Waals surface area contributed by atoms with Crippen molar-refractivity contribution in [2.75, 3.05) is 13.2 Å². The summed E-state index contributed by atoms with van der Waals surface area (Å²) in [4.78, 5) is 13.3. The average molecular weight is 614 g/mol. The van der Waals surface area contributed by atoms with Crippen LogP contribution in [0.4, 0.5) is 8.78 Å². The van der Waals surface area contributed by atoms with E-state index in [1.165, 1.54) is 12.1 Å². The van der Waals surface area contributed by atoms with Crippen molar-refractivity contribution in [3.8, 4) is 28.7 Å². The minimum atomic E-state index is -2.04. The molecule has 0 aliphatic carbocycles. The van der Waals surface area contributed by atoms with Gasteiger partial charge in [0.25, 0.3) is 5.91 Å². The molecule has 1 amide bonds. The minimum Gasteiger partial charge on any atom is -0.506 e. The smallest absolute Gasteiger partial charge is 0.255 e. The van der Waals surface area contributed by atoms with Crippen molar-refractivity contribution in [3.63, 3.8) is 0 Å². The van der Waals surface area contributed by atoms with Crippen molar-refractivity contribution < 1.29 is 28.2 Å². The van der Waals surface area contributed by atoms with Gasteiger partial charge in [-0.25, -0.2) is 8.78 Å². The molecule has 3 N–H and O–H groups in total. The van der Waals surface area contributed by atoms with E-state index in [9.17, 15) is 23.8 Å². The molecule has 0 heterocycles. The Morgan fingerprint density at radius 3 is 1.91 bits per heavy atom. The number of rotatable bonds is 8. The number of phenolic OH excluding ortho intramolecular Hbond substituents is 1. The zero-order valence-corrected chi connectivity index (χ0v) is 26.5. The van der Waals surface area contributed by atoms with Gasteiger partial charge in [-0.15, -0.1) is 0 Å².